The van der Waals surface area contributed by atoms with Crippen LogP contribution in [0, 0.1) is 6.92 Å². The minimum absolute atomic E-state index is 0.00879. The fourth-order valence-corrected chi connectivity index (χ4v) is 3.06. The number of carbonyl (C=O) groups excluding carboxylic acids is 2. The normalized spacial score (nSPS) is 14.4. The fourth-order valence-electron chi connectivity index (χ4n) is 2.24. The number of hydrogen-bond acceptors (Lipinski definition) is 4. The summed E-state index contributed by atoms with van der Waals surface area (Å²) in [7, 11) is 1.64. The van der Waals surface area contributed by atoms with Crippen LogP contribution >= 0.6 is 11.8 Å². The average Bonchev–Trinajstić information content (AvgIpc) is 2.84. The SMILES string of the molecule is COc1ccc(C)cc1CCNC(=O)CN1CCSC1=O. The molecule has 1 aliphatic rings. The van der Waals surface area contributed by atoms with Gasteiger partial charge in [0.1, 0.15) is 12.3 Å². The molecule has 1 aromatic rings. The summed E-state index contributed by atoms with van der Waals surface area (Å²) in [4.78, 5) is 24.8. The van der Waals surface area contributed by atoms with Crippen molar-refractivity contribution in [1.29, 1.82) is 0 Å². The molecule has 114 valence electrons. The third-order valence-electron chi connectivity index (χ3n) is 3.33. The van der Waals surface area contributed by atoms with Crippen molar-refractivity contribution in [2.24, 2.45) is 0 Å². The van der Waals surface area contributed by atoms with Crippen LogP contribution in [0.15, 0.2) is 18.2 Å². The second-order valence-electron chi connectivity index (χ2n) is 4.95. The molecule has 1 saturated heterocycles. The summed E-state index contributed by atoms with van der Waals surface area (Å²) in [6, 6.07) is 6.00. The number of ether oxygens (including phenoxy) is 1. The Bertz CT molecular complexity index is 534. The van der Waals surface area contributed by atoms with E-state index in [0.717, 1.165) is 22.6 Å². The third-order valence-corrected chi connectivity index (χ3v) is 4.22. The molecule has 2 amide bonds. The van der Waals surface area contributed by atoms with E-state index in [1.807, 2.05) is 19.1 Å². The predicted molar refractivity (Wildman–Crippen MR) is 83.9 cm³/mol. The van der Waals surface area contributed by atoms with Gasteiger partial charge in [-0.05, 0) is 25.0 Å². The van der Waals surface area contributed by atoms with E-state index in [1.165, 1.54) is 11.8 Å². The highest BCUT2D eigenvalue weighted by molar-refractivity contribution is 8.13. The van der Waals surface area contributed by atoms with Gasteiger partial charge in [-0.15, -0.1) is 0 Å². The first kappa shape index (κ1) is 15.7. The van der Waals surface area contributed by atoms with Gasteiger partial charge < -0.3 is 15.0 Å². The molecule has 6 heteroatoms. The Morgan fingerprint density at radius 2 is 2.29 bits per heavy atom. The minimum atomic E-state index is -0.113. The maximum Gasteiger partial charge on any atom is 0.282 e. The van der Waals surface area contributed by atoms with Crippen molar-refractivity contribution in [1.82, 2.24) is 10.2 Å². The van der Waals surface area contributed by atoms with E-state index in [0.29, 0.717) is 19.5 Å². The second-order valence-corrected chi connectivity index (χ2v) is 6.00. The smallest absolute Gasteiger partial charge is 0.282 e. The maximum atomic E-state index is 11.8. The lowest BCUT2D eigenvalue weighted by Crippen LogP contribution is -2.38. The van der Waals surface area contributed by atoms with Gasteiger partial charge in [-0.1, -0.05) is 29.5 Å². The molecule has 21 heavy (non-hydrogen) atoms. The van der Waals surface area contributed by atoms with Gasteiger partial charge in [-0.2, -0.15) is 0 Å². The predicted octanol–water partition coefficient (Wildman–Crippen LogP) is 1.83. The van der Waals surface area contributed by atoms with Gasteiger partial charge in [-0.3, -0.25) is 9.59 Å². The van der Waals surface area contributed by atoms with Crippen LogP contribution in [0.4, 0.5) is 4.79 Å². The molecule has 1 aromatic carbocycles. The number of carbonyl (C=O) groups is 2. The van der Waals surface area contributed by atoms with Crippen LogP contribution in [0.2, 0.25) is 0 Å². The highest BCUT2D eigenvalue weighted by atomic mass is 32.2. The first-order chi connectivity index (χ1) is 10.1. The van der Waals surface area contributed by atoms with Gasteiger partial charge in [0.2, 0.25) is 5.91 Å². The summed E-state index contributed by atoms with van der Waals surface area (Å²) in [5.41, 5.74) is 2.24. The number of benzene rings is 1. The van der Waals surface area contributed by atoms with Crippen LogP contribution in [-0.4, -0.2) is 48.5 Å². The number of nitrogens with zero attached hydrogens (tertiary/aromatic N) is 1. The largest absolute Gasteiger partial charge is 0.496 e. The Morgan fingerprint density at radius 1 is 1.48 bits per heavy atom. The van der Waals surface area contributed by atoms with Crippen molar-refractivity contribution in [3.63, 3.8) is 0 Å². The number of aryl methyl sites for hydroxylation is 1. The van der Waals surface area contributed by atoms with Gasteiger partial charge in [-0.25, -0.2) is 0 Å². The first-order valence-electron chi connectivity index (χ1n) is 6.92. The van der Waals surface area contributed by atoms with E-state index >= 15 is 0 Å². The second kappa shape index (κ2) is 7.36. The van der Waals surface area contributed by atoms with Crippen LogP contribution in [0.1, 0.15) is 11.1 Å². The first-order valence-corrected chi connectivity index (χ1v) is 7.90. The van der Waals surface area contributed by atoms with E-state index in [4.69, 9.17) is 4.74 Å². The van der Waals surface area contributed by atoms with Gasteiger partial charge in [0.25, 0.3) is 5.24 Å². The highest BCUT2D eigenvalue weighted by Gasteiger charge is 2.22. The maximum absolute atomic E-state index is 11.8. The van der Waals surface area contributed by atoms with Crippen LogP contribution in [0.3, 0.4) is 0 Å². The third kappa shape index (κ3) is 4.39. The summed E-state index contributed by atoms with van der Waals surface area (Å²) >= 11 is 1.27. The quantitative estimate of drug-likeness (QED) is 0.871. The molecule has 1 aliphatic heterocycles. The Labute approximate surface area is 129 Å². The standard InChI is InChI=1S/C15H20N2O3S/c1-11-3-4-13(20-2)12(9-11)5-6-16-14(18)10-17-7-8-21-15(17)19/h3-4,9H,5-8,10H2,1-2H3,(H,16,18). The zero-order valence-electron chi connectivity index (χ0n) is 12.3. The van der Waals surface area contributed by atoms with E-state index < -0.39 is 0 Å². The fraction of sp³-hybridized carbons (Fsp3) is 0.467. The average molecular weight is 308 g/mol. The van der Waals surface area contributed by atoms with E-state index in [2.05, 4.69) is 11.4 Å². The summed E-state index contributed by atoms with van der Waals surface area (Å²) < 4.78 is 5.31. The zero-order valence-corrected chi connectivity index (χ0v) is 13.2. The van der Waals surface area contributed by atoms with E-state index in [1.54, 1.807) is 12.0 Å². The van der Waals surface area contributed by atoms with Crippen LogP contribution < -0.4 is 10.1 Å². The number of methoxy groups -OCH3 is 1. The molecule has 0 aliphatic carbocycles. The topological polar surface area (TPSA) is 58.6 Å². The molecule has 2 rings (SSSR count). The van der Waals surface area contributed by atoms with Gasteiger partial charge in [0.05, 0.1) is 7.11 Å². The van der Waals surface area contributed by atoms with Crippen molar-refractivity contribution < 1.29 is 14.3 Å². The number of thioether (sulfide) groups is 1. The molecule has 0 radical (unpaired) electrons. The van der Waals surface area contributed by atoms with Crippen molar-refractivity contribution in [2.45, 2.75) is 13.3 Å². The van der Waals surface area contributed by atoms with Crippen LogP contribution in [-0.2, 0) is 11.2 Å². The Hall–Kier alpha value is -1.69. The lowest BCUT2D eigenvalue weighted by atomic mass is 10.1. The molecule has 0 bridgehead atoms. The molecular weight excluding hydrogens is 288 g/mol. The molecule has 0 saturated carbocycles. The van der Waals surface area contributed by atoms with Gasteiger partial charge in [0.15, 0.2) is 0 Å². The number of nitrogens with one attached hydrogen (secondary N) is 1. The van der Waals surface area contributed by atoms with Crippen molar-refractivity contribution >= 4 is 22.9 Å². The molecule has 1 fully saturated rings. The highest BCUT2D eigenvalue weighted by Crippen LogP contribution is 2.20. The van der Waals surface area contributed by atoms with Gasteiger partial charge >= 0.3 is 0 Å². The van der Waals surface area contributed by atoms with Crippen molar-refractivity contribution in [3.05, 3.63) is 29.3 Å². The lowest BCUT2D eigenvalue weighted by Gasteiger charge is -2.14. The monoisotopic (exact) mass is 308 g/mol. The summed E-state index contributed by atoms with van der Waals surface area (Å²) in [5.74, 6) is 1.49. The van der Waals surface area contributed by atoms with Crippen molar-refractivity contribution in [2.75, 3.05) is 32.5 Å². The molecule has 0 spiro atoms. The van der Waals surface area contributed by atoms with Crippen LogP contribution in [0.5, 0.6) is 5.75 Å². The Balaban J connectivity index is 1.80. The molecule has 1 heterocycles. The zero-order chi connectivity index (χ0) is 15.2. The molecule has 0 atom stereocenters. The number of hydrogen-bond donors (Lipinski definition) is 1. The Morgan fingerprint density at radius 3 is 2.95 bits per heavy atom. The van der Waals surface area contributed by atoms with E-state index in [-0.39, 0.29) is 17.7 Å². The number of rotatable bonds is 6. The van der Waals surface area contributed by atoms with E-state index in [9.17, 15) is 9.59 Å². The molecule has 5 nitrogen and oxygen atoms in total. The summed E-state index contributed by atoms with van der Waals surface area (Å²) in [6.45, 7) is 3.37. The molecular formula is C15H20N2O3S. The minimum Gasteiger partial charge on any atom is -0.496 e. The molecule has 0 unspecified atom stereocenters. The number of amides is 2. The Kier molecular flexibility index (Phi) is 5.50. The summed E-state index contributed by atoms with van der Waals surface area (Å²) in [5, 5.41) is 2.84. The van der Waals surface area contributed by atoms with Gasteiger partial charge in [0, 0.05) is 18.8 Å². The molecule has 1 N–H and O–H groups in total. The van der Waals surface area contributed by atoms with Crippen LogP contribution in [0.25, 0.3) is 0 Å². The van der Waals surface area contributed by atoms with Crippen molar-refractivity contribution in [3.8, 4) is 5.75 Å². The lowest BCUT2D eigenvalue weighted by molar-refractivity contribution is -0.121. The summed E-state index contributed by atoms with van der Waals surface area (Å²) in [6.07, 6.45) is 0.708. The molecule has 0 aromatic heterocycles.